The van der Waals surface area contributed by atoms with E-state index in [1.807, 2.05) is 0 Å². The number of hydrogen-bond acceptors (Lipinski definition) is 6. The second-order valence-electron chi connectivity index (χ2n) is 5.94. The summed E-state index contributed by atoms with van der Waals surface area (Å²) < 4.78 is 11.8. The number of carbonyl (C=O) groups excluding carboxylic acids is 1. The molecule has 0 radical (unpaired) electrons. The van der Waals surface area contributed by atoms with Gasteiger partial charge < -0.3 is 14.4 Å². The Labute approximate surface area is 132 Å². The van der Waals surface area contributed by atoms with Gasteiger partial charge in [0.2, 0.25) is 5.88 Å². The van der Waals surface area contributed by atoms with Gasteiger partial charge in [0.05, 0.1) is 25.9 Å². The topological polar surface area (TPSA) is 93.2 Å². The van der Waals surface area contributed by atoms with Crippen molar-refractivity contribution in [2.45, 2.75) is 24.5 Å². The number of carbonyl (C=O) groups is 1. The van der Waals surface area contributed by atoms with Crippen LogP contribution in [0.4, 0.5) is 0 Å². The molecule has 23 heavy (non-hydrogen) atoms. The normalized spacial score (nSPS) is 22.6. The SMILES string of the molecule is O=C(c1ccn[nH]1)N1CC2(C[C@H](Oc3cnccn3)CCO2)C1. The lowest BCUT2D eigenvalue weighted by atomic mass is 9.84. The van der Waals surface area contributed by atoms with E-state index >= 15 is 0 Å². The van der Waals surface area contributed by atoms with Crippen LogP contribution in [0.15, 0.2) is 30.9 Å². The van der Waals surface area contributed by atoms with Gasteiger partial charge >= 0.3 is 0 Å². The molecule has 4 heterocycles. The van der Waals surface area contributed by atoms with Crippen molar-refractivity contribution >= 4 is 5.91 Å². The van der Waals surface area contributed by atoms with Gasteiger partial charge in [0.25, 0.3) is 5.91 Å². The Morgan fingerprint density at radius 3 is 3.04 bits per heavy atom. The van der Waals surface area contributed by atoms with Gasteiger partial charge in [-0.1, -0.05) is 0 Å². The summed E-state index contributed by atoms with van der Waals surface area (Å²) in [5, 5.41) is 6.51. The maximum Gasteiger partial charge on any atom is 0.272 e. The van der Waals surface area contributed by atoms with E-state index < -0.39 is 0 Å². The predicted octanol–water partition coefficient (Wildman–Crippen LogP) is 0.652. The Bertz CT molecular complexity index is 670. The summed E-state index contributed by atoms with van der Waals surface area (Å²) in [5.74, 6) is 0.480. The van der Waals surface area contributed by atoms with Crippen LogP contribution in [0, 0.1) is 0 Å². The van der Waals surface area contributed by atoms with E-state index in [1.165, 1.54) is 0 Å². The minimum Gasteiger partial charge on any atom is -0.473 e. The molecule has 8 heteroatoms. The van der Waals surface area contributed by atoms with E-state index in [0.29, 0.717) is 31.3 Å². The van der Waals surface area contributed by atoms with E-state index in [2.05, 4.69) is 20.2 Å². The van der Waals surface area contributed by atoms with E-state index in [-0.39, 0.29) is 17.6 Å². The highest BCUT2D eigenvalue weighted by molar-refractivity contribution is 5.92. The first kappa shape index (κ1) is 14.1. The van der Waals surface area contributed by atoms with E-state index in [1.54, 1.807) is 35.8 Å². The Morgan fingerprint density at radius 1 is 1.39 bits per heavy atom. The molecule has 2 aliphatic heterocycles. The minimum atomic E-state index is -0.305. The molecule has 1 amide bonds. The molecule has 0 unspecified atom stereocenters. The van der Waals surface area contributed by atoms with Crippen LogP contribution in [0.3, 0.4) is 0 Å². The van der Waals surface area contributed by atoms with Gasteiger partial charge in [-0.25, -0.2) is 4.98 Å². The van der Waals surface area contributed by atoms with Crippen LogP contribution in [0.1, 0.15) is 23.3 Å². The van der Waals surface area contributed by atoms with Crippen LogP contribution in [0.2, 0.25) is 0 Å². The summed E-state index contributed by atoms with van der Waals surface area (Å²) in [4.78, 5) is 22.1. The fraction of sp³-hybridized carbons (Fsp3) is 0.467. The van der Waals surface area contributed by atoms with Crippen molar-refractivity contribution < 1.29 is 14.3 Å². The molecular formula is C15H17N5O3. The highest BCUT2D eigenvalue weighted by Crippen LogP contribution is 2.36. The Hall–Kier alpha value is -2.48. The van der Waals surface area contributed by atoms with Crippen LogP contribution < -0.4 is 4.74 Å². The number of nitrogens with zero attached hydrogens (tertiary/aromatic N) is 4. The number of aromatic nitrogens is 4. The molecule has 8 nitrogen and oxygen atoms in total. The molecule has 2 fully saturated rings. The largest absolute Gasteiger partial charge is 0.473 e. The molecule has 4 rings (SSSR count). The lowest BCUT2D eigenvalue weighted by Gasteiger charge is -2.52. The molecule has 2 aromatic rings. The molecule has 0 bridgehead atoms. The number of H-pyrrole nitrogens is 1. The number of hydrogen-bond donors (Lipinski definition) is 1. The van der Waals surface area contributed by atoms with Gasteiger partial charge in [-0.15, -0.1) is 0 Å². The predicted molar refractivity (Wildman–Crippen MR) is 78.9 cm³/mol. The molecule has 120 valence electrons. The van der Waals surface area contributed by atoms with Crippen molar-refractivity contribution in [1.82, 2.24) is 25.1 Å². The van der Waals surface area contributed by atoms with E-state index in [9.17, 15) is 4.79 Å². The van der Waals surface area contributed by atoms with Crippen molar-refractivity contribution in [3.63, 3.8) is 0 Å². The third-order valence-corrected chi connectivity index (χ3v) is 4.25. The Morgan fingerprint density at radius 2 is 2.30 bits per heavy atom. The fourth-order valence-corrected chi connectivity index (χ4v) is 3.16. The average molecular weight is 315 g/mol. The van der Waals surface area contributed by atoms with Crippen molar-refractivity contribution in [3.8, 4) is 5.88 Å². The molecule has 0 saturated carbocycles. The Balaban J connectivity index is 1.36. The summed E-state index contributed by atoms with van der Waals surface area (Å²) >= 11 is 0. The number of nitrogens with one attached hydrogen (secondary N) is 1. The van der Waals surface area contributed by atoms with Crippen LogP contribution in [-0.4, -0.2) is 62.4 Å². The molecule has 1 N–H and O–H groups in total. The molecule has 2 aliphatic rings. The maximum atomic E-state index is 12.2. The monoisotopic (exact) mass is 315 g/mol. The standard InChI is InChI=1S/C15H17N5O3/c21-14(12-1-3-18-19-12)20-9-15(10-20)7-11(2-6-22-15)23-13-8-16-4-5-17-13/h1,3-5,8,11H,2,6-7,9-10H2,(H,18,19)/t11-/m1/s1. The highest BCUT2D eigenvalue weighted by Gasteiger charge is 2.50. The van der Waals surface area contributed by atoms with Crippen molar-refractivity contribution in [3.05, 3.63) is 36.5 Å². The van der Waals surface area contributed by atoms with Crippen LogP contribution >= 0.6 is 0 Å². The summed E-state index contributed by atoms with van der Waals surface area (Å²) in [7, 11) is 0. The molecule has 1 atom stereocenters. The first-order valence-corrected chi connectivity index (χ1v) is 7.59. The van der Waals surface area contributed by atoms with E-state index in [0.717, 1.165) is 12.8 Å². The molecule has 1 spiro atoms. The number of rotatable bonds is 3. The first-order valence-electron chi connectivity index (χ1n) is 7.59. The smallest absolute Gasteiger partial charge is 0.272 e. The zero-order valence-corrected chi connectivity index (χ0v) is 12.5. The van der Waals surface area contributed by atoms with Gasteiger partial charge in [-0.2, -0.15) is 5.10 Å². The van der Waals surface area contributed by atoms with Crippen LogP contribution in [-0.2, 0) is 4.74 Å². The third kappa shape index (κ3) is 2.77. The highest BCUT2D eigenvalue weighted by atomic mass is 16.5. The van der Waals surface area contributed by atoms with Crippen molar-refractivity contribution in [2.75, 3.05) is 19.7 Å². The molecule has 0 aliphatic carbocycles. The summed E-state index contributed by atoms with van der Waals surface area (Å²) in [6.07, 6.45) is 8.00. The summed E-state index contributed by atoms with van der Waals surface area (Å²) in [6.45, 7) is 1.77. The second kappa shape index (κ2) is 5.62. The number of likely N-dealkylation sites (tertiary alicyclic amines) is 1. The summed E-state index contributed by atoms with van der Waals surface area (Å²) in [6, 6.07) is 1.68. The van der Waals surface area contributed by atoms with Crippen molar-refractivity contribution in [2.24, 2.45) is 0 Å². The molecule has 0 aromatic carbocycles. The van der Waals surface area contributed by atoms with Gasteiger partial charge in [-0.3, -0.25) is 14.9 Å². The zero-order valence-electron chi connectivity index (χ0n) is 12.5. The second-order valence-corrected chi connectivity index (χ2v) is 5.94. The Kier molecular flexibility index (Phi) is 3.45. The van der Waals surface area contributed by atoms with Gasteiger partial charge in [0.1, 0.15) is 17.4 Å². The van der Waals surface area contributed by atoms with Crippen molar-refractivity contribution in [1.29, 1.82) is 0 Å². The fourth-order valence-electron chi connectivity index (χ4n) is 3.16. The minimum absolute atomic E-state index is 0.0323. The van der Waals surface area contributed by atoms with Crippen LogP contribution in [0.25, 0.3) is 0 Å². The average Bonchev–Trinajstić information content (AvgIpc) is 3.07. The van der Waals surface area contributed by atoms with E-state index in [4.69, 9.17) is 9.47 Å². The first-order chi connectivity index (χ1) is 11.2. The lowest BCUT2D eigenvalue weighted by Crippen LogP contribution is -2.67. The lowest BCUT2D eigenvalue weighted by molar-refractivity contribution is -0.174. The summed E-state index contributed by atoms with van der Waals surface area (Å²) in [5.41, 5.74) is 0.198. The third-order valence-electron chi connectivity index (χ3n) is 4.25. The quantitative estimate of drug-likeness (QED) is 0.894. The van der Waals surface area contributed by atoms with Crippen LogP contribution in [0.5, 0.6) is 5.88 Å². The number of ether oxygens (including phenoxy) is 2. The van der Waals surface area contributed by atoms with Gasteiger partial charge in [0, 0.05) is 31.4 Å². The van der Waals surface area contributed by atoms with Gasteiger partial charge in [0.15, 0.2) is 0 Å². The zero-order chi connectivity index (χ0) is 15.7. The van der Waals surface area contributed by atoms with Gasteiger partial charge in [-0.05, 0) is 6.07 Å². The maximum absolute atomic E-state index is 12.2. The number of aromatic amines is 1. The number of amides is 1. The molecule has 2 saturated heterocycles. The molecule has 2 aromatic heterocycles. The molecular weight excluding hydrogens is 298 g/mol.